The average Bonchev–Trinajstić information content (AvgIpc) is 3.32. The van der Waals surface area contributed by atoms with Crippen molar-refractivity contribution in [3.8, 4) is 0 Å². The van der Waals surface area contributed by atoms with Crippen LogP contribution in [0.15, 0.2) is 34.5 Å². The lowest BCUT2D eigenvalue weighted by molar-refractivity contribution is -0.205. The number of imidazole rings is 1. The van der Waals surface area contributed by atoms with Gasteiger partial charge in [-0.1, -0.05) is 20.8 Å². The molecule has 1 fully saturated rings. The number of H-pyrrole nitrogens is 1. The second-order valence-corrected chi connectivity index (χ2v) is 15.9. The van der Waals surface area contributed by atoms with Crippen molar-refractivity contribution >= 4 is 16.1 Å². The molecule has 3 heterocycles. The Hall–Kier alpha value is -1.82. The third-order valence-electron chi connectivity index (χ3n) is 6.06. The molecular formula is C19H30N4O7PSi-. The molecule has 11 nitrogen and oxygen atoms in total. The number of hydrogen-bond acceptors (Lipinski definition) is 8. The Balaban J connectivity index is 1.86. The van der Waals surface area contributed by atoms with Crippen molar-refractivity contribution in [2.24, 2.45) is 0 Å². The first-order valence-corrected chi connectivity index (χ1v) is 14.7. The molecule has 1 aliphatic heterocycles. The Kier molecular flexibility index (Phi) is 6.86. The summed E-state index contributed by atoms with van der Waals surface area (Å²) in [5, 5.41) is -0.0907. The molecule has 1 aliphatic rings. The van der Waals surface area contributed by atoms with Crippen LogP contribution in [0.2, 0.25) is 18.1 Å². The zero-order valence-electron chi connectivity index (χ0n) is 19.1. The molecule has 2 aromatic rings. The summed E-state index contributed by atoms with van der Waals surface area (Å²) in [4.78, 5) is 42.5. The normalized spacial score (nSPS) is 23.9. The largest absolute Gasteiger partial charge is 0.761 e. The minimum atomic E-state index is -4.41. The highest BCUT2D eigenvalue weighted by atomic mass is 31.2. The molecule has 0 amide bonds. The van der Waals surface area contributed by atoms with Crippen LogP contribution in [-0.2, 0) is 18.3 Å². The van der Waals surface area contributed by atoms with Crippen molar-refractivity contribution in [3.63, 3.8) is 0 Å². The number of hydrogen-bond donors (Lipinski definition) is 1. The molecule has 0 spiro atoms. The van der Waals surface area contributed by atoms with Gasteiger partial charge in [-0.15, -0.1) is 0 Å². The Bertz CT molecular complexity index is 1110. The highest BCUT2D eigenvalue weighted by Crippen LogP contribution is 2.43. The van der Waals surface area contributed by atoms with Crippen LogP contribution in [0.1, 0.15) is 39.0 Å². The molecule has 3 rings (SSSR count). The lowest BCUT2D eigenvalue weighted by Crippen LogP contribution is -2.46. The summed E-state index contributed by atoms with van der Waals surface area (Å²) in [7, 11) is -6.66. The van der Waals surface area contributed by atoms with E-state index in [-0.39, 0.29) is 11.6 Å². The van der Waals surface area contributed by atoms with Gasteiger partial charge in [-0.3, -0.25) is 23.2 Å². The predicted molar refractivity (Wildman–Crippen MR) is 118 cm³/mol. The molecule has 2 aromatic heterocycles. The quantitative estimate of drug-likeness (QED) is 0.462. The van der Waals surface area contributed by atoms with E-state index in [0.29, 0.717) is 12.0 Å². The van der Waals surface area contributed by atoms with Gasteiger partial charge in [0.25, 0.3) is 5.56 Å². The van der Waals surface area contributed by atoms with Gasteiger partial charge < -0.3 is 18.6 Å². The van der Waals surface area contributed by atoms with E-state index < -0.39 is 45.7 Å². The van der Waals surface area contributed by atoms with Crippen LogP contribution < -0.4 is 16.1 Å². The summed E-state index contributed by atoms with van der Waals surface area (Å²) >= 11 is 0. The van der Waals surface area contributed by atoms with Crippen LogP contribution in [0.5, 0.6) is 0 Å². The number of nitrogens with one attached hydrogen (secondary N) is 1. The van der Waals surface area contributed by atoms with E-state index in [1.54, 1.807) is 6.92 Å². The van der Waals surface area contributed by atoms with Gasteiger partial charge >= 0.3 is 5.69 Å². The molecule has 13 heteroatoms. The standard InChI is InChI=1S/C19H31N4O7PSi/c1-13-10-23(18(25)21-17(13)24)16-9-14(30-32(5,6)19(2,3)4)15(29-16)11-28-31(26,27)22-8-7-20-12-22/h7-8,10,12,14-16H,9,11H2,1-6H3,(H,26,27)(H,21,24,25)/p-1/t14-,15-,16-/m1/s1. The fourth-order valence-electron chi connectivity index (χ4n) is 3.13. The van der Waals surface area contributed by atoms with E-state index in [1.807, 2.05) is 0 Å². The highest BCUT2D eigenvalue weighted by molar-refractivity contribution is 7.49. The highest BCUT2D eigenvalue weighted by Gasteiger charge is 2.45. The molecule has 1 N–H and O–H groups in total. The van der Waals surface area contributed by atoms with Gasteiger partial charge in [0.2, 0.25) is 7.75 Å². The number of aryl methyl sites for hydroxylation is 1. The summed E-state index contributed by atoms with van der Waals surface area (Å²) < 4.78 is 32.4. The van der Waals surface area contributed by atoms with Crippen molar-refractivity contribution < 1.29 is 23.1 Å². The molecule has 178 valence electrons. The molecule has 4 atom stereocenters. The topological polar surface area (TPSA) is 140 Å². The monoisotopic (exact) mass is 485 g/mol. The first-order valence-electron chi connectivity index (χ1n) is 10.3. The molecular weight excluding hydrogens is 455 g/mol. The molecule has 0 radical (unpaired) electrons. The Morgan fingerprint density at radius 2 is 2.06 bits per heavy atom. The van der Waals surface area contributed by atoms with Crippen molar-refractivity contribution in [1.29, 1.82) is 0 Å². The van der Waals surface area contributed by atoms with Crippen molar-refractivity contribution in [2.75, 3.05) is 6.61 Å². The minimum absolute atomic E-state index is 0.0907. The summed E-state index contributed by atoms with van der Waals surface area (Å²) in [6.45, 7) is 11.8. The molecule has 1 saturated heterocycles. The summed E-state index contributed by atoms with van der Waals surface area (Å²) in [6.07, 6.45) is 3.52. The fourth-order valence-corrected chi connectivity index (χ4v) is 5.37. The third-order valence-corrected chi connectivity index (χ3v) is 11.8. The van der Waals surface area contributed by atoms with Gasteiger partial charge in [0.05, 0.1) is 12.7 Å². The molecule has 0 aliphatic carbocycles. The molecule has 1 unspecified atom stereocenters. The number of aromatic amines is 1. The zero-order valence-corrected chi connectivity index (χ0v) is 21.0. The Morgan fingerprint density at radius 3 is 2.66 bits per heavy atom. The van der Waals surface area contributed by atoms with Crippen LogP contribution in [0.3, 0.4) is 0 Å². The maximum Gasteiger partial charge on any atom is 0.330 e. The first-order chi connectivity index (χ1) is 14.7. The van der Waals surface area contributed by atoms with Crippen LogP contribution >= 0.6 is 7.75 Å². The maximum atomic E-state index is 12.4. The van der Waals surface area contributed by atoms with Crippen LogP contribution in [-0.4, -0.2) is 46.0 Å². The third kappa shape index (κ3) is 5.21. The number of nitrogens with zero attached hydrogens (tertiary/aromatic N) is 3. The molecule has 0 bridgehead atoms. The van der Waals surface area contributed by atoms with E-state index in [2.05, 4.69) is 43.8 Å². The lowest BCUT2D eigenvalue weighted by atomic mass is 10.2. The Morgan fingerprint density at radius 1 is 1.38 bits per heavy atom. The van der Waals surface area contributed by atoms with E-state index in [1.165, 1.54) is 23.2 Å². The SMILES string of the molecule is Cc1cn([C@H]2C[C@@H](O[Si](C)(C)C(C)(C)C)[C@@H](COP(=O)([O-])n3ccnc3)O2)c(=O)[nH]c1=O. The second-order valence-electron chi connectivity index (χ2n) is 9.47. The number of ether oxygens (including phenoxy) is 1. The smallest absolute Gasteiger partial charge is 0.330 e. The summed E-state index contributed by atoms with van der Waals surface area (Å²) in [5.74, 6) is 0. The van der Waals surface area contributed by atoms with E-state index in [0.717, 1.165) is 10.7 Å². The summed E-state index contributed by atoms with van der Waals surface area (Å²) in [6, 6.07) is 0. The van der Waals surface area contributed by atoms with Gasteiger partial charge in [0.1, 0.15) is 18.7 Å². The summed E-state index contributed by atoms with van der Waals surface area (Å²) in [5.41, 5.74) is -0.712. The van der Waals surface area contributed by atoms with E-state index in [9.17, 15) is 19.0 Å². The van der Waals surface area contributed by atoms with Crippen molar-refractivity contribution in [3.05, 3.63) is 51.3 Å². The zero-order chi connectivity index (χ0) is 23.9. The van der Waals surface area contributed by atoms with E-state index in [4.69, 9.17) is 13.7 Å². The molecule has 32 heavy (non-hydrogen) atoms. The molecule has 0 aromatic carbocycles. The van der Waals surface area contributed by atoms with Crippen LogP contribution in [0.25, 0.3) is 0 Å². The van der Waals surface area contributed by atoms with Gasteiger partial charge in [-0.2, -0.15) is 0 Å². The van der Waals surface area contributed by atoms with Crippen LogP contribution in [0, 0.1) is 6.92 Å². The lowest BCUT2D eigenvalue weighted by Gasteiger charge is -2.39. The van der Waals surface area contributed by atoms with Crippen molar-refractivity contribution in [2.45, 2.75) is 70.7 Å². The number of rotatable bonds is 7. The number of aromatic nitrogens is 4. The van der Waals surface area contributed by atoms with Crippen molar-refractivity contribution in [1.82, 2.24) is 18.9 Å². The predicted octanol–water partition coefficient (Wildman–Crippen LogP) is 1.75. The second kappa shape index (κ2) is 8.84. The first kappa shape index (κ1) is 24.8. The fraction of sp³-hybridized carbons (Fsp3) is 0.632. The van der Waals surface area contributed by atoms with E-state index >= 15 is 0 Å². The maximum absolute atomic E-state index is 12.4. The Labute approximate surface area is 187 Å². The average molecular weight is 486 g/mol. The van der Waals surface area contributed by atoms with Crippen LogP contribution in [0.4, 0.5) is 0 Å². The van der Waals surface area contributed by atoms with Gasteiger partial charge in [0.15, 0.2) is 8.32 Å². The van der Waals surface area contributed by atoms with Gasteiger partial charge in [-0.25, -0.2) is 9.78 Å². The van der Waals surface area contributed by atoms with Gasteiger partial charge in [-0.05, 0) is 25.1 Å². The van der Waals surface area contributed by atoms with Gasteiger partial charge in [0, 0.05) is 30.6 Å². The minimum Gasteiger partial charge on any atom is -0.761 e. The molecule has 0 saturated carbocycles.